The van der Waals surface area contributed by atoms with Crippen molar-refractivity contribution in [3.8, 4) is 0 Å². The molecule has 0 amide bonds. The Hall–Kier alpha value is -2.17. The highest BCUT2D eigenvalue weighted by atomic mass is 19.1. The number of hydrogen-bond acceptors (Lipinski definition) is 4. The fourth-order valence-electron chi connectivity index (χ4n) is 1.12. The molecule has 0 saturated heterocycles. The SMILES string of the molecule is Nc1ccc(Nc2cccc(F)c2)nn1. The largest absolute Gasteiger partial charge is 0.382 e. The maximum Gasteiger partial charge on any atom is 0.153 e. The Balaban J connectivity index is 2.18. The van der Waals surface area contributed by atoms with Crippen LogP contribution in [0, 0.1) is 5.82 Å². The van der Waals surface area contributed by atoms with Crippen LogP contribution in [0.15, 0.2) is 36.4 Å². The molecule has 15 heavy (non-hydrogen) atoms. The molecule has 76 valence electrons. The van der Waals surface area contributed by atoms with Crippen LogP contribution in [0.25, 0.3) is 0 Å². The molecule has 0 saturated carbocycles. The normalized spacial score (nSPS) is 9.93. The van der Waals surface area contributed by atoms with Crippen LogP contribution < -0.4 is 11.1 Å². The summed E-state index contributed by atoms with van der Waals surface area (Å²) < 4.78 is 12.8. The molecule has 0 atom stereocenters. The van der Waals surface area contributed by atoms with Crippen molar-refractivity contribution >= 4 is 17.3 Å². The van der Waals surface area contributed by atoms with Gasteiger partial charge in [-0.3, -0.25) is 0 Å². The third-order valence-corrected chi connectivity index (χ3v) is 1.78. The zero-order valence-electron chi connectivity index (χ0n) is 7.81. The Morgan fingerprint density at radius 2 is 2.00 bits per heavy atom. The van der Waals surface area contributed by atoms with Crippen LogP contribution in [-0.2, 0) is 0 Å². The van der Waals surface area contributed by atoms with Crippen molar-refractivity contribution < 1.29 is 4.39 Å². The maximum absolute atomic E-state index is 12.8. The summed E-state index contributed by atoms with van der Waals surface area (Å²) in [7, 11) is 0. The number of nitrogens with zero attached hydrogens (tertiary/aromatic N) is 2. The highest BCUT2D eigenvalue weighted by molar-refractivity contribution is 5.56. The number of rotatable bonds is 2. The van der Waals surface area contributed by atoms with E-state index >= 15 is 0 Å². The second-order valence-corrected chi connectivity index (χ2v) is 2.98. The molecule has 1 aromatic heterocycles. The van der Waals surface area contributed by atoms with E-state index in [0.717, 1.165) is 0 Å². The average Bonchev–Trinajstić information content (AvgIpc) is 2.22. The molecule has 1 aromatic carbocycles. The Morgan fingerprint density at radius 3 is 2.67 bits per heavy atom. The van der Waals surface area contributed by atoms with E-state index in [9.17, 15) is 4.39 Å². The van der Waals surface area contributed by atoms with Gasteiger partial charge in [0.25, 0.3) is 0 Å². The predicted molar refractivity (Wildman–Crippen MR) is 56.1 cm³/mol. The number of nitrogens with two attached hydrogens (primary N) is 1. The molecule has 0 fully saturated rings. The molecular formula is C10H9FN4. The maximum atomic E-state index is 12.8. The second-order valence-electron chi connectivity index (χ2n) is 2.98. The van der Waals surface area contributed by atoms with Gasteiger partial charge in [0, 0.05) is 5.69 Å². The third kappa shape index (κ3) is 2.40. The molecule has 0 spiro atoms. The fourth-order valence-corrected chi connectivity index (χ4v) is 1.12. The number of hydrogen-bond donors (Lipinski definition) is 2. The summed E-state index contributed by atoms with van der Waals surface area (Å²) in [6.45, 7) is 0. The molecule has 2 rings (SSSR count). The van der Waals surface area contributed by atoms with Crippen LogP contribution in [0.5, 0.6) is 0 Å². The molecule has 0 bridgehead atoms. The molecule has 0 aliphatic rings. The lowest BCUT2D eigenvalue weighted by molar-refractivity contribution is 0.628. The monoisotopic (exact) mass is 204 g/mol. The summed E-state index contributed by atoms with van der Waals surface area (Å²) >= 11 is 0. The van der Waals surface area contributed by atoms with E-state index in [-0.39, 0.29) is 5.82 Å². The van der Waals surface area contributed by atoms with Gasteiger partial charge in [-0.05, 0) is 30.3 Å². The minimum absolute atomic E-state index is 0.302. The van der Waals surface area contributed by atoms with E-state index in [0.29, 0.717) is 17.3 Å². The topological polar surface area (TPSA) is 63.8 Å². The Bertz CT molecular complexity index is 455. The summed E-state index contributed by atoms with van der Waals surface area (Å²) in [5.41, 5.74) is 6.00. The average molecular weight is 204 g/mol. The van der Waals surface area contributed by atoms with E-state index in [1.165, 1.54) is 12.1 Å². The van der Waals surface area contributed by atoms with Gasteiger partial charge in [-0.15, -0.1) is 10.2 Å². The van der Waals surface area contributed by atoms with Crippen molar-refractivity contribution in [3.05, 3.63) is 42.2 Å². The van der Waals surface area contributed by atoms with E-state index in [1.807, 2.05) is 0 Å². The van der Waals surface area contributed by atoms with E-state index in [1.54, 1.807) is 24.3 Å². The van der Waals surface area contributed by atoms with Crippen LogP contribution in [0.4, 0.5) is 21.7 Å². The third-order valence-electron chi connectivity index (χ3n) is 1.78. The van der Waals surface area contributed by atoms with Crippen molar-refractivity contribution in [1.82, 2.24) is 10.2 Å². The number of aromatic nitrogens is 2. The van der Waals surface area contributed by atoms with Crippen molar-refractivity contribution in [2.24, 2.45) is 0 Å². The van der Waals surface area contributed by atoms with Crippen molar-refractivity contribution in [1.29, 1.82) is 0 Å². The van der Waals surface area contributed by atoms with Crippen LogP contribution in [0.3, 0.4) is 0 Å². The van der Waals surface area contributed by atoms with Crippen LogP contribution in [-0.4, -0.2) is 10.2 Å². The van der Waals surface area contributed by atoms with Crippen LogP contribution in [0.1, 0.15) is 0 Å². The summed E-state index contributed by atoms with van der Waals surface area (Å²) in [5.74, 6) is 0.568. The van der Waals surface area contributed by atoms with E-state index < -0.39 is 0 Å². The van der Waals surface area contributed by atoms with Gasteiger partial charge in [0.15, 0.2) is 5.82 Å². The smallest absolute Gasteiger partial charge is 0.153 e. The predicted octanol–water partition coefficient (Wildman–Crippen LogP) is 1.94. The molecule has 3 N–H and O–H groups in total. The van der Waals surface area contributed by atoms with Crippen molar-refractivity contribution in [2.45, 2.75) is 0 Å². The van der Waals surface area contributed by atoms with Gasteiger partial charge >= 0.3 is 0 Å². The minimum atomic E-state index is -0.302. The van der Waals surface area contributed by atoms with Crippen molar-refractivity contribution in [3.63, 3.8) is 0 Å². The summed E-state index contributed by atoms with van der Waals surface area (Å²) in [6.07, 6.45) is 0. The highest BCUT2D eigenvalue weighted by Crippen LogP contribution is 2.14. The molecule has 1 heterocycles. The van der Waals surface area contributed by atoms with Gasteiger partial charge in [-0.25, -0.2) is 4.39 Å². The second kappa shape index (κ2) is 3.91. The lowest BCUT2D eigenvalue weighted by Gasteiger charge is -2.04. The zero-order chi connectivity index (χ0) is 10.7. The number of halogens is 1. The molecule has 2 aromatic rings. The Labute approximate surface area is 86.0 Å². The zero-order valence-corrected chi connectivity index (χ0v) is 7.81. The standard InChI is InChI=1S/C10H9FN4/c11-7-2-1-3-8(6-7)13-10-5-4-9(12)14-15-10/h1-6H,(H2,12,14)(H,13,15). The Morgan fingerprint density at radius 1 is 1.13 bits per heavy atom. The van der Waals surface area contributed by atoms with Gasteiger partial charge in [-0.2, -0.15) is 0 Å². The lowest BCUT2D eigenvalue weighted by Crippen LogP contribution is -1.98. The molecule has 0 aliphatic carbocycles. The molecular weight excluding hydrogens is 195 g/mol. The van der Waals surface area contributed by atoms with Gasteiger partial charge in [0.2, 0.25) is 0 Å². The summed E-state index contributed by atoms with van der Waals surface area (Å²) in [5, 5.41) is 10.4. The number of anilines is 3. The lowest BCUT2D eigenvalue weighted by atomic mass is 10.3. The molecule has 0 aliphatic heterocycles. The van der Waals surface area contributed by atoms with Crippen LogP contribution >= 0.6 is 0 Å². The molecule has 0 radical (unpaired) electrons. The van der Waals surface area contributed by atoms with Crippen LogP contribution in [0.2, 0.25) is 0 Å². The van der Waals surface area contributed by atoms with Gasteiger partial charge in [0.1, 0.15) is 11.6 Å². The first kappa shape index (κ1) is 9.39. The first-order valence-corrected chi connectivity index (χ1v) is 4.36. The molecule has 0 unspecified atom stereocenters. The van der Waals surface area contributed by atoms with Crippen molar-refractivity contribution in [2.75, 3.05) is 11.1 Å². The first-order valence-electron chi connectivity index (χ1n) is 4.36. The van der Waals surface area contributed by atoms with Gasteiger partial charge in [-0.1, -0.05) is 6.07 Å². The number of benzene rings is 1. The molecule has 4 nitrogen and oxygen atoms in total. The van der Waals surface area contributed by atoms with E-state index in [2.05, 4.69) is 15.5 Å². The fraction of sp³-hybridized carbons (Fsp3) is 0. The quantitative estimate of drug-likeness (QED) is 0.784. The van der Waals surface area contributed by atoms with Gasteiger partial charge < -0.3 is 11.1 Å². The first-order chi connectivity index (χ1) is 7.24. The van der Waals surface area contributed by atoms with Gasteiger partial charge in [0.05, 0.1) is 0 Å². The Kier molecular flexibility index (Phi) is 2.45. The number of nitrogens with one attached hydrogen (secondary N) is 1. The highest BCUT2D eigenvalue weighted by Gasteiger charge is 1.97. The number of nitrogen functional groups attached to an aromatic ring is 1. The molecule has 5 heteroatoms. The minimum Gasteiger partial charge on any atom is -0.382 e. The summed E-state index contributed by atoms with van der Waals surface area (Å²) in [6, 6.07) is 9.39. The van der Waals surface area contributed by atoms with E-state index in [4.69, 9.17) is 5.73 Å². The summed E-state index contributed by atoms with van der Waals surface area (Å²) in [4.78, 5) is 0.